The average Bonchev–Trinajstić information content (AvgIpc) is 3.39. The van der Waals surface area contributed by atoms with Crippen molar-refractivity contribution >= 4 is 23.2 Å². The summed E-state index contributed by atoms with van der Waals surface area (Å²) in [5.41, 5.74) is 0.802. The fourth-order valence-electron chi connectivity index (χ4n) is 5.60. The molecular weight excluding hydrogens is 541 g/mol. The van der Waals surface area contributed by atoms with E-state index in [1.165, 1.54) is 18.2 Å². The highest BCUT2D eigenvalue weighted by molar-refractivity contribution is 5.78. The number of hydrogen-bond donors (Lipinski definition) is 2. The number of fused-ring (bicyclic) bond motifs is 1. The van der Waals surface area contributed by atoms with Crippen LogP contribution in [-0.4, -0.2) is 68.7 Å². The first-order valence-electron chi connectivity index (χ1n) is 12.4. The topological polar surface area (TPSA) is 98.9 Å². The van der Waals surface area contributed by atoms with Crippen LogP contribution >= 0.6 is 0 Å². The van der Waals surface area contributed by atoms with Gasteiger partial charge in [0, 0.05) is 38.3 Å². The minimum absolute atomic E-state index is 0.0705. The number of carboxylic acid groups (broad SMARTS) is 1. The molecule has 2 N–H and O–H groups in total. The van der Waals surface area contributed by atoms with Gasteiger partial charge in [0.1, 0.15) is 17.6 Å². The number of hydrogen-bond acceptors (Lipinski definition) is 4. The van der Waals surface area contributed by atoms with Gasteiger partial charge in [-0.05, 0) is 36.5 Å². The number of aromatic nitrogens is 1. The average molecular weight is 566 g/mol. The molecule has 214 valence electrons. The number of nitrogens with zero attached hydrogens (tertiary/aromatic N) is 3. The van der Waals surface area contributed by atoms with E-state index in [-0.39, 0.29) is 36.4 Å². The quantitative estimate of drug-likeness (QED) is 0.423. The molecule has 2 atom stereocenters. The monoisotopic (exact) mass is 566 g/mol. The number of oxazole rings is 1. The van der Waals surface area contributed by atoms with E-state index in [4.69, 9.17) is 4.42 Å². The van der Waals surface area contributed by atoms with Gasteiger partial charge >= 0.3 is 18.3 Å². The molecule has 0 unspecified atom stereocenters. The Morgan fingerprint density at radius 1 is 1.18 bits per heavy atom. The molecule has 2 heterocycles. The van der Waals surface area contributed by atoms with Gasteiger partial charge in [0.15, 0.2) is 5.58 Å². The number of urea groups is 1. The van der Waals surface area contributed by atoms with Gasteiger partial charge in [0.2, 0.25) is 11.8 Å². The van der Waals surface area contributed by atoms with Gasteiger partial charge in [-0.1, -0.05) is 6.07 Å². The Hall–Kier alpha value is -3.26. The van der Waals surface area contributed by atoms with Crippen LogP contribution in [0, 0.1) is 5.92 Å². The standard InChI is InChI=1S/C24H25F7N4O4/c25-22(26)5-3-13(4-6-22)18(35(21(37)38)14-8-23(27,28)9-14)19-32-15-7-12(1-2-16(15)39-19)10-34-11-17(24(29,30)31)33-20(34)36/h1-2,7,13-14,17-18H,3-6,8-11H2,(H,33,36)(H,37,38)/t17-,18-/m0/s1. The van der Waals surface area contributed by atoms with E-state index >= 15 is 0 Å². The van der Waals surface area contributed by atoms with E-state index in [9.17, 15) is 45.4 Å². The molecule has 0 bridgehead atoms. The van der Waals surface area contributed by atoms with Crippen molar-refractivity contribution in [3.63, 3.8) is 0 Å². The molecule has 3 aliphatic rings. The van der Waals surface area contributed by atoms with Gasteiger partial charge in [-0.2, -0.15) is 13.2 Å². The summed E-state index contributed by atoms with van der Waals surface area (Å²) in [7, 11) is 0. The minimum Gasteiger partial charge on any atom is -0.465 e. The van der Waals surface area contributed by atoms with Crippen molar-refractivity contribution in [3.8, 4) is 0 Å². The molecule has 1 aromatic heterocycles. The maximum atomic E-state index is 13.9. The number of benzene rings is 1. The maximum Gasteiger partial charge on any atom is 0.410 e. The normalized spacial score (nSPS) is 24.4. The lowest BCUT2D eigenvalue weighted by molar-refractivity contribution is -0.149. The van der Waals surface area contributed by atoms with Crippen molar-refractivity contribution in [2.45, 2.75) is 81.2 Å². The number of carbonyl (C=O) groups is 2. The minimum atomic E-state index is -4.60. The summed E-state index contributed by atoms with van der Waals surface area (Å²) in [5, 5.41) is 11.8. The molecule has 39 heavy (non-hydrogen) atoms. The fraction of sp³-hybridized carbons (Fsp3) is 0.625. The molecule has 5 rings (SSSR count). The second kappa shape index (κ2) is 9.44. The Kier molecular flexibility index (Phi) is 6.61. The molecule has 2 aromatic rings. The summed E-state index contributed by atoms with van der Waals surface area (Å²) in [6.45, 7) is -0.755. The van der Waals surface area contributed by atoms with Crippen molar-refractivity contribution in [1.29, 1.82) is 0 Å². The lowest BCUT2D eigenvalue weighted by atomic mass is 9.79. The second-order valence-electron chi connectivity index (χ2n) is 10.5. The third-order valence-corrected chi connectivity index (χ3v) is 7.67. The van der Waals surface area contributed by atoms with Gasteiger partial charge in [0.05, 0.1) is 6.54 Å². The predicted molar refractivity (Wildman–Crippen MR) is 120 cm³/mol. The van der Waals surface area contributed by atoms with Crippen LogP contribution < -0.4 is 5.32 Å². The van der Waals surface area contributed by atoms with Crippen molar-refractivity contribution in [2.75, 3.05) is 6.54 Å². The first kappa shape index (κ1) is 27.3. The second-order valence-corrected chi connectivity index (χ2v) is 10.5. The summed E-state index contributed by atoms with van der Waals surface area (Å²) < 4.78 is 99.9. The highest BCUT2D eigenvalue weighted by atomic mass is 19.4. The summed E-state index contributed by atoms with van der Waals surface area (Å²) in [6, 6.07) is -0.712. The zero-order valence-electron chi connectivity index (χ0n) is 20.4. The summed E-state index contributed by atoms with van der Waals surface area (Å²) in [6.07, 6.45) is -8.65. The van der Waals surface area contributed by atoms with Gasteiger partial charge in [-0.25, -0.2) is 32.1 Å². The lowest BCUT2D eigenvalue weighted by Gasteiger charge is -2.46. The molecule has 1 saturated heterocycles. The van der Waals surface area contributed by atoms with Crippen LogP contribution in [0.3, 0.4) is 0 Å². The summed E-state index contributed by atoms with van der Waals surface area (Å²) in [5.74, 6) is -6.74. The number of halogens is 7. The smallest absolute Gasteiger partial charge is 0.410 e. The van der Waals surface area contributed by atoms with Crippen molar-refractivity contribution in [2.24, 2.45) is 5.92 Å². The third-order valence-electron chi connectivity index (χ3n) is 7.67. The number of carbonyl (C=O) groups excluding carboxylic acids is 1. The molecule has 3 fully saturated rings. The van der Waals surface area contributed by atoms with Crippen LogP contribution in [0.5, 0.6) is 0 Å². The highest BCUT2D eigenvalue weighted by Gasteiger charge is 2.54. The first-order chi connectivity index (χ1) is 18.1. The van der Waals surface area contributed by atoms with E-state index in [0.717, 1.165) is 9.80 Å². The van der Waals surface area contributed by atoms with E-state index in [1.54, 1.807) is 0 Å². The first-order valence-corrected chi connectivity index (χ1v) is 12.4. The number of nitrogens with one attached hydrogen (secondary N) is 1. The molecule has 2 aliphatic carbocycles. The molecule has 3 amide bonds. The molecule has 8 nitrogen and oxygen atoms in total. The molecule has 2 saturated carbocycles. The van der Waals surface area contributed by atoms with Crippen molar-refractivity contribution in [1.82, 2.24) is 20.1 Å². The van der Waals surface area contributed by atoms with Crippen LogP contribution in [0.1, 0.15) is 56.0 Å². The fourth-order valence-corrected chi connectivity index (χ4v) is 5.60. The van der Waals surface area contributed by atoms with E-state index in [1.807, 2.05) is 5.32 Å². The molecule has 0 radical (unpaired) electrons. The Morgan fingerprint density at radius 2 is 1.85 bits per heavy atom. The largest absolute Gasteiger partial charge is 0.465 e. The van der Waals surface area contributed by atoms with E-state index < -0.39 is 86.4 Å². The Morgan fingerprint density at radius 3 is 2.41 bits per heavy atom. The molecule has 1 aliphatic heterocycles. The lowest BCUT2D eigenvalue weighted by Crippen LogP contribution is -2.55. The molecule has 15 heteroatoms. The van der Waals surface area contributed by atoms with Crippen molar-refractivity contribution < 1.29 is 49.8 Å². The predicted octanol–water partition coefficient (Wildman–Crippen LogP) is 5.93. The van der Waals surface area contributed by atoms with Crippen LogP contribution in [-0.2, 0) is 6.54 Å². The van der Waals surface area contributed by atoms with Crippen LogP contribution in [0.4, 0.5) is 40.3 Å². The van der Waals surface area contributed by atoms with Gasteiger partial charge in [-0.3, -0.25) is 4.90 Å². The Labute approximate surface area is 217 Å². The maximum absolute atomic E-state index is 13.9. The van der Waals surface area contributed by atoms with Gasteiger partial charge < -0.3 is 19.7 Å². The van der Waals surface area contributed by atoms with Gasteiger partial charge in [0.25, 0.3) is 5.92 Å². The number of alkyl halides is 7. The highest BCUT2D eigenvalue weighted by Crippen LogP contribution is 2.49. The van der Waals surface area contributed by atoms with Crippen LogP contribution in [0.25, 0.3) is 11.1 Å². The zero-order chi connectivity index (χ0) is 28.3. The molecular formula is C24H25F7N4O4. The van der Waals surface area contributed by atoms with E-state index in [0.29, 0.717) is 5.56 Å². The number of rotatable bonds is 6. The molecule has 1 aromatic carbocycles. The van der Waals surface area contributed by atoms with E-state index in [2.05, 4.69) is 4.98 Å². The Bertz CT molecular complexity index is 1250. The number of amides is 3. The Balaban J connectivity index is 1.43. The third kappa shape index (κ3) is 5.57. The SMILES string of the molecule is O=C1N[C@H](C(F)(F)F)CN1Cc1ccc2oc([C@H](C3CCC(F)(F)CC3)N(C(=O)O)C3CC(F)(F)C3)nc2c1. The van der Waals surface area contributed by atoms with Crippen molar-refractivity contribution in [3.05, 3.63) is 29.7 Å². The van der Waals surface area contributed by atoms with Gasteiger partial charge in [-0.15, -0.1) is 0 Å². The molecule has 0 spiro atoms. The van der Waals surface area contributed by atoms with Crippen LogP contribution in [0.2, 0.25) is 0 Å². The summed E-state index contributed by atoms with van der Waals surface area (Å²) in [4.78, 5) is 30.5. The summed E-state index contributed by atoms with van der Waals surface area (Å²) >= 11 is 0. The van der Waals surface area contributed by atoms with Crippen LogP contribution in [0.15, 0.2) is 22.6 Å². The zero-order valence-corrected chi connectivity index (χ0v) is 20.4.